The van der Waals surface area contributed by atoms with E-state index in [-0.39, 0.29) is 13.0 Å². The molecule has 0 aliphatic rings. The van der Waals surface area contributed by atoms with Gasteiger partial charge in [-0.25, -0.2) is 0 Å². The Bertz CT molecular complexity index is 273. The third kappa shape index (κ3) is 20.4. The topological polar surface area (TPSA) is 58.6 Å². The van der Waals surface area contributed by atoms with Gasteiger partial charge < -0.3 is 19.4 Å². The summed E-state index contributed by atoms with van der Waals surface area (Å²) in [5.41, 5.74) is 0. The van der Waals surface area contributed by atoms with E-state index in [1.807, 2.05) is 0 Å². The van der Waals surface area contributed by atoms with Crippen molar-refractivity contribution in [2.45, 2.75) is 85.5 Å². The van der Waals surface area contributed by atoms with Crippen LogP contribution in [0.3, 0.4) is 0 Å². The van der Waals surface area contributed by atoms with Crippen molar-refractivity contribution in [3.05, 3.63) is 0 Å². The minimum atomic E-state index is -1.09. The first-order chi connectivity index (χ1) is 13.0. The SMILES string of the molecule is CCCC[P+](CCCC)(CCCC)CCCC.COCCOCCC(=O)[O-]. The molecule has 0 rings (SSSR count). The summed E-state index contributed by atoms with van der Waals surface area (Å²) in [6.45, 7) is 10.5. The zero-order chi connectivity index (χ0) is 20.8. The van der Waals surface area contributed by atoms with Crippen molar-refractivity contribution in [2.75, 3.05) is 51.6 Å². The molecule has 0 saturated carbocycles. The van der Waals surface area contributed by atoms with Gasteiger partial charge in [0.25, 0.3) is 0 Å². The molecule has 4 nitrogen and oxygen atoms in total. The van der Waals surface area contributed by atoms with E-state index < -0.39 is 13.2 Å². The van der Waals surface area contributed by atoms with Crippen LogP contribution in [0.2, 0.25) is 0 Å². The van der Waals surface area contributed by atoms with Crippen LogP contribution in [-0.4, -0.2) is 57.5 Å². The molecule has 0 aliphatic carbocycles. The van der Waals surface area contributed by atoms with Crippen molar-refractivity contribution in [2.24, 2.45) is 0 Å². The summed E-state index contributed by atoms with van der Waals surface area (Å²) in [5, 5.41) is 9.81. The van der Waals surface area contributed by atoms with E-state index in [0.717, 1.165) is 0 Å². The first-order valence-electron chi connectivity index (χ1n) is 11.1. The van der Waals surface area contributed by atoms with Gasteiger partial charge in [0.05, 0.1) is 44.5 Å². The summed E-state index contributed by atoms with van der Waals surface area (Å²) in [6, 6.07) is 0. The molecule has 0 aromatic rings. The van der Waals surface area contributed by atoms with Crippen LogP contribution < -0.4 is 5.11 Å². The normalized spacial score (nSPS) is 11.1. The highest BCUT2D eigenvalue weighted by Crippen LogP contribution is 2.61. The Balaban J connectivity index is 0. The van der Waals surface area contributed by atoms with Crippen LogP contribution in [0.1, 0.15) is 85.5 Å². The standard InChI is InChI=1S/C16H36P.C6H12O4/c1-5-9-13-17(14-10-6-2,15-11-7-3)16-12-8-4;1-9-4-5-10-3-2-6(7)8/h5-16H2,1-4H3;2-5H2,1H3,(H,7,8)/q+1;/p-1. The van der Waals surface area contributed by atoms with Gasteiger partial charge in [-0.2, -0.15) is 0 Å². The predicted molar refractivity (Wildman–Crippen MR) is 118 cm³/mol. The molecule has 0 fully saturated rings. The van der Waals surface area contributed by atoms with E-state index in [1.165, 1.54) is 51.4 Å². The fourth-order valence-corrected chi connectivity index (χ4v) is 8.33. The summed E-state index contributed by atoms with van der Waals surface area (Å²) in [5.74, 6) is -1.09. The maximum atomic E-state index is 9.81. The number of carboxylic acid groups (broad SMARTS) is 1. The number of carbonyl (C=O) groups excluding carboxylic acids is 1. The molecule has 0 aliphatic heterocycles. The Morgan fingerprint density at radius 2 is 1.15 bits per heavy atom. The number of aliphatic carboxylic acids is 1. The number of hydrogen-bond acceptors (Lipinski definition) is 4. The van der Waals surface area contributed by atoms with Crippen LogP contribution in [0.5, 0.6) is 0 Å². The first kappa shape index (κ1) is 29.0. The van der Waals surface area contributed by atoms with Crippen LogP contribution in [0.4, 0.5) is 0 Å². The van der Waals surface area contributed by atoms with Gasteiger partial charge in [-0.05, 0) is 25.7 Å². The lowest BCUT2D eigenvalue weighted by atomic mass is 10.4. The first-order valence-corrected chi connectivity index (χ1v) is 13.7. The molecule has 27 heavy (non-hydrogen) atoms. The molecule has 0 aromatic heterocycles. The summed E-state index contributed by atoms with van der Waals surface area (Å²) in [4.78, 5) is 9.81. The number of carbonyl (C=O) groups is 1. The summed E-state index contributed by atoms with van der Waals surface area (Å²) < 4.78 is 9.50. The quantitative estimate of drug-likeness (QED) is 0.238. The fraction of sp³-hybridized carbons (Fsp3) is 0.955. The maximum Gasteiger partial charge on any atom is 0.0700 e. The van der Waals surface area contributed by atoms with Gasteiger partial charge in [-0.15, -0.1) is 0 Å². The molecule has 0 spiro atoms. The number of ether oxygens (including phenoxy) is 2. The highest BCUT2D eigenvalue weighted by atomic mass is 31.2. The summed E-state index contributed by atoms with van der Waals surface area (Å²) in [7, 11) is 0.995. The Morgan fingerprint density at radius 1 is 0.741 bits per heavy atom. The molecule has 0 N–H and O–H groups in total. The molecule has 164 valence electrons. The Labute approximate surface area is 170 Å². The van der Waals surface area contributed by atoms with Crippen molar-refractivity contribution >= 4 is 13.2 Å². The third-order valence-electron chi connectivity index (χ3n) is 4.83. The van der Waals surface area contributed by atoms with E-state index in [4.69, 9.17) is 4.74 Å². The highest BCUT2D eigenvalue weighted by molar-refractivity contribution is 7.75. The molecule has 0 bridgehead atoms. The van der Waals surface area contributed by atoms with Crippen molar-refractivity contribution in [1.29, 1.82) is 0 Å². The maximum absolute atomic E-state index is 9.81. The lowest BCUT2D eigenvalue weighted by molar-refractivity contribution is -0.306. The molecule has 0 heterocycles. The molecule has 0 saturated heterocycles. The molecule has 0 radical (unpaired) electrons. The van der Waals surface area contributed by atoms with Crippen LogP contribution >= 0.6 is 7.26 Å². The predicted octanol–water partition coefficient (Wildman–Crippen LogP) is 4.99. The average molecular weight is 407 g/mol. The van der Waals surface area contributed by atoms with Crippen molar-refractivity contribution in [3.8, 4) is 0 Å². The largest absolute Gasteiger partial charge is 0.550 e. The Hall–Kier alpha value is -0.180. The van der Waals surface area contributed by atoms with E-state index >= 15 is 0 Å². The van der Waals surface area contributed by atoms with Crippen LogP contribution in [0.15, 0.2) is 0 Å². The molecule has 0 atom stereocenters. The van der Waals surface area contributed by atoms with Gasteiger partial charge in [-0.1, -0.05) is 53.4 Å². The van der Waals surface area contributed by atoms with Gasteiger partial charge in [0.1, 0.15) is 0 Å². The minimum Gasteiger partial charge on any atom is -0.550 e. The number of rotatable bonds is 18. The van der Waals surface area contributed by atoms with Gasteiger partial charge >= 0.3 is 0 Å². The van der Waals surface area contributed by atoms with Gasteiger partial charge in [-0.3, -0.25) is 0 Å². The van der Waals surface area contributed by atoms with Crippen molar-refractivity contribution in [3.63, 3.8) is 0 Å². The molecule has 0 aromatic carbocycles. The molecule has 5 heteroatoms. The lowest BCUT2D eigenvalue weighted by Crippen LogP contribution is -2.23. The van der Waals surface area contributed by atoms with Crippen LogP contribution in [-0.2, 0) is 14.3 Å². The molecule has 0 unspecified atom stereocenters. The van der Waals surface area contributed by atoms with E-state index in [2.05, 4.69) is 32.4 Å². The highest BCUT2D eigenvalue weighted by Gasteiger charge is 2.34. The average Bonchev–Trinajstić information content (AvgIpc) is 2.67. The van der Waals surface area contributed by atoms with Gasteiger partial charge in [0, 0.05) is 26.8 Å². The van der Waals surface area contributed by atoms with Crippen LogP contribution in [0, 0.1) is 0 Å². The van der Waals surface area contributed by atoms with Crippen molar-refractivity contribution < 1.29 is 19.4 Å². The Kier molecular flexibility index (Phi) is 23.8. The number of methoxy groups -OCH3 is 1. The number of carboxylic acids is 1. The van der Waals surface area contributed by atoms with E-state index in [0.29, 0.717) is 13.2 Å². The van der Waals surface area contributed by atoms with E-state index in [9.17, 15) is 9.90 Å². The molecular weight excluding hydrogens is 359 g/mol. The molecule has 0 amide bonds. The monoisotopic (exact) mass is 406 g/mol. The second-order valence-electron chi connectivity index (χ2n) is 7.38. The number of hydrogen-bond donors (Lipinski definition) is 0. The molecular formula is C22H47O4P. The van der Waals surface area contributed by atoms with Gasteiger partial charge in [0.15, 0.2) is 0 Å². The summed E-state index contributed by atoms with van der Waals surface area (Å²) in [6.07, 6.45) is 17.9. The fourth-order valence-electron chi connectivity index (χ4n) is 3.04. The zero-order valence-corrected chi connectivity index (χ0v) is 19.8. The lowest BCUT2D eigenvalue weighted by Gasteiger charge is -2.28. The third-order valence-corrected chi connectivity index (χ3v) is 9.89. The van der Waals surface area contributed by atoms with Gasteiger partial charge in [0.2, 0.25) is 0 Å². The number of unbranched alkanes of at least 4 members (excludes halogenated alkanes) is 4. The van der Waals surface area contributed by atoms with E-state index in [1.54, 1.807) is 31.8 Å². The van der Waals surface area contributed by atoms with Crippen LogP contribution in [0.25, 0.3) is 0 Å². The van der Waals surface area contributed by atoms with Crippen molar-refractivity contribution in [1.82, 2.24) is 0 Å². The zero-order valence-electron chi connectivity index (χ0n) is 18.9. The second-order valence-corrected chi connectivity index (χ2v) is 11.8. The summed E-state index contributed by atoms with van der Waals surface area (Å²) >= 11 is 0. The second kappa shape index (κ2) is 22.1. The minimum absolute atomic E-state index is 0.0519. The smallest absolute Gasteiger partial charge is 0.0700 e. The Morgan fingerprint density at radius 3 is 1.44 bits per heavy atom.